The summed E-state index contributed by atoms with van der Waals surface area (Å²) < 4.78 is 0. The molecule has 11 rings (SSSR count). The quantitative estimate of drug-likeness (QED) is 0.255. The maximum absolute atomic E-state index is 13.7. The van der Waals surface area contributed by atoms with Gasteiger partial charge >= 0.3 is 0 Å². The number of quaternary nitrogens is 1. The Kier molecular flexibility index (Phi) is 13.1. The molecule has 11 aliphatic rings. The van der Waals surface area contributed by atoms with Crippen LogP contribution in [0.5, 0.6) is 0 Å². The van der Waals surface area contributed by atoms with Crippen LogP contribution < -0.4 is 4.90 Å². The Hall–Kier alpha value is -0.610. The molecule has 0 aromatic rings. The number of nitrogens with one attached hydrogen (secondary N) is 1. The summed E-state index contributed by atoms with van der Waals surface area (Å²) in [7, 11) is 0. The second-order valence-electron chi connectivity index (χ2n) is 27.2. The summed E-state index contributed by atoms with van der Waals surface area (Å²) in [5.41, 5.74) is 2.34. The average Bonchev–Trinajstić information content (AvgIpc) is 3.89. The van der Waals surface area contributed by atoms with Crippen molar-refractivity contribution in [1.29, 1.82) is 0 Å². The van der Waals surface area contributed by atoms with E-state index < -0.39 is 5.60 Å². The second kappa shape index (κ2) is 18.4. The molecule has 0 aromatic carbocycles. The number of nitrogens with zero attached hydrogens (tertiary/aromatic N) is 2. The topological polar surface area (TPSA) is 40.3 Å². The van der Waals surface area contributed by atoms with Crippen LogP contribution in [0.4, 0.5) is 0 Å². The zero-order valence-electron chi connectivity index (χ0n) is 41.7. The van der Waals surface area contributed by atoms with E-state index in [0.717, 1.165) is 78.3 Å². The average molecular weight is 867 g/mol. The SMILES string of the molecule is C[C@]12CCCC[C@@]1(C)[C@@H]1CC[C@@]3(C)[C@H](CC[C@@]3(O)C[NH+]3C(C4CCCCC4)CC(C4CCC(N5N=C(C6CCCCC6)C[C@H]5C5CCCCC5)CC4)CC3C3CCCCC3)[C@@H]1CC2. The molecule has 0 radical (unpaired) electrons. The van der Waals surface area contributed by atoms with E-state index in [1.54, 1.807) is 5.71 Å². The van der Waals surface area contributed by atoms with Gasteiger partial charge in [-0.1, -0.05) is 111 Å². The first-order chi connectivity index (χ1) is 30.7. The van der Waals surface area contributed by atoms with Crippen LogP contribution in [0, 0.1) is 69.5 Å². The van der Waals surface area contributed by atoms with Gasteiger partial charge in [0.1, 0.15) is 12.1 Å². The molecule has 2 aliphatic heterocycles. The fourth-order valence-corrected chi connectivity index (χ4v) is 20.7. The summed E-state index contributed by atoms with van der Waals surface area (Å²) >= 11 is 0. The maximum Gasteiger partial charge on any atom is 0.119 e. The van der Waals surface area contributed by atoms with Crippen LogP contribution in [0.2, 0.25) is 0 Å². The molecule has 4 heteroatoms. The van der Waals surface area contributed by atoms with Crippen molar-refractivity contribution in [3.05, 3.63) is 0 Å². The Balaban J connectivity index is 0.830. The lowest BCUT2D eigenvalue weighted by molar-refractivity contribution is -0.971. The monoisotopic (exact) mass is 867 g/mol. The number of rotatable bonds is 8. The van der Waals surface area contributed by atoms with Gasteiger partial charge in [0.25, 0.3) is 0 Å². The summed E-state index contributed by atoms with van der Waals surface area (Å²) in [5.74, 6) is 7.79. The van der Waals surface area contributed by atoms with Crippen LogP contribution in [0.3, 0.4) is 0 Å². The van der Waals surface area contributed by atoms with Crippen molar-refractivity contribution in [2.45, 2.75) is 288 Å². The van der Waals surface area contributed by atoms with Gasteiger partial charge in [-0.05, 0) is 181 Å². The number of hydrogen-bond acceptors (Lipinski definition) is 3. The maximum atomic E-state index is 13.7. The van der Waals surface area contributed by atoms with Gasteiger partial charge in [-0.25, -0.2) is 0 Å². The van der Waals surface area contributed by atoms with Crippen molar-refractivity contribution in [3.63, 3.8) is 0 Å². The number of likely N-dealkylation sites (tertiary alicyclic amines) is 1. The van der Waals surface area contributed by atoms with Gasteiger partial charge in [0, 0.05) is 48.3 Å². The molecule has 2 unspecified atom stereocenters. The molecule has 2 heterocycles. The van der Waals surface area contributed by atoms with E-state index >= 15 is 0 Å². The molecular formula is C59H100N3O+. The first-order valence-electron chi connectivity index (χ1n) is 29.6. The number of fused-ring (bicyclic) bond motifs is 5. The molecule has 10 fully saturated rings. The first-order valence-corrected chi connectivity index (χ1v) is 29.6. The van der Waals surface area contributed by atoms with Crippen LogP contribution in [-0.4, -0.2) is 52.1 Å². The number of aliphatic hydroxyl groups is 1. The molecule has 0 amide bonds. The highest BCUT2D eigenvalue weighted by molar-refractivity contribution is 5.88. The zero-order valence-corrected chi connectivity index (χ0v) is 41.7. The van der Waals surface area contributed by atoms with Crippen LogP contribution in [-0.2, 0) is 0 Å². The lowest BCUT2D eigenvalue weighted by Crippen LogP contribution is -3.23. The van der Waals surface area contributed by atoms with Gasteiger partial charge in [0.05, 0.1) is 18.1 Å². The summed E-state index contributed by atoms with van der Waals surface area (Å²) in [6.45, 7) is 9.24. The van der Waals surface area contributed by atoms with Gasteiger partial charge in [0.2, 0.25) is 0 Å². The van der Waals surface area contributed by atoms with E-state index in [1.165, 1.54) is 231 Å². The van der Waals surface area contributed by atoms with Crippen molar-refractivity contribution in [1.82, 2.24) is 5.01 Å². The molecule has 4 nitrogen and oxygen atoms in total. The number of hydrogen-bond donors (Lipinski definition) is 2. The Labute approximate surface area is 388 Å². The summed E-state index contributed by atoms with van der Waals surface area (Å²) in [6.07, 6.45) is 53.1. The molecular weight excluding hydrogens is 767 g/mol. The van der Waals surface area contributed by atoms with Crippen molar-refractivity contribution in [2.24, 2.45) is 74.6 Å². The van der Waals surface area contributed by atoms with Crippen LogP contribution in [0.15, 0.2) is 5.10 Å². The van der Waals surface area contributed by atoms with Crippen molar-refractivity contribution in [3.8, 4) is 0 Å². The third kappa shape index (κ3) is 8.11. The Morgan fingerprint density at radius 1 is 0.508 bits per heavy atom. The van der Waals surface area contributed by atoms with Crippen molar-refractivity contribution in [2.75, 3.05) is 6.54 Å². The second-order valence-corrected chi connectivity index (χ2v) is 27.2. The van der Waals surface area contributed by atoms with E-state index in [2.05, 4.69) is 25.8 Å². The normalized spacial score (nSPS) is 48.6. The lowest BCUT2D eigenvalue weighted by Gasteiger charge is -2.65. The number of piperidine rings is 1. The molecule has 0 spiro atoms. The molecule has 1 saturated heterocycles. The van der Waals surface area contributed by atoms with E-state index in [-0.39, 0.29) is 5.41 Å². The molecule has 2 N–H and O–H groups in total. The highest BCUT2D eigenvalue weighted by Gasteiger charge is 2.68. The van der Waals surface area contributed by atoms with Crippen molar-refractivity contribution < 1.29 is 10.0 Å². The third-order valence-electron chi connectivity index (χ3n) is 24.7. The van der Waals surface area contributed by atoms with Crippen LogP contribution >= 0.6 is 0 Å². The number of hydrazone groups is 1. The van der Waals surface area contributed by atoms with E-state index in [1.807, 2.05) is 4.90 Å². The molecule has 356 valence electrons. The zero-order chi connectivity index (χ0) is 42.8. The molecule has 10 atom stereocenters. The third-order valence-corrected chi connectivity index (χ3v) is 24.7. The molecule has 63 heavy (non-hydrogen) atoms. The van der Waals surface area contributed by atoms with Gasteiger partial charge in [0.15, 0.2) is 0 Å². The standard InChI is InChI=1S/C59H99N3O/c1-56-33-16-17-34-57(56,2)50-31-36-58(3)51(49(50)30-35-56)32-37-59(58,63)41-61-53(44-20-10-5-11-21-44)38-47(39-54(61)45-22-12-6-13-23-45)42-26-28-48(29-27-42)62-55(46-24-14-7-15-25-46)40-52(60-62)43-18-8-4-9-19-43/h42-51,53-55,63H,4-41H2,1-3H3/p+1/t42?,47?,48?,49-,50-,51-,53?,54?,55+,56-,57+,58+,59-/m1/s1. The van der Waals surface area contributed by atoms with E-state index in [4.69, 9.17) is 5.10 Å². The van der Waals surface area contributed by atoms with Gasteiger partial charge in [-0.15, -0.1) is 0 Å². The highest BCUT2D eigenvalue weighted by Crippen LogP contribution is 2.71. The molecule has 9 saturated carbocycles. The fourth-order valence-electron chi connectivity index (χ4n) is 20.7. The van der Waals surface area contributed by atoms with E-state index in [9.17, 15) is 5.11 Å². The van der Waals surface area contributed by atoms with Crippen molar-refractivity contribution >= 4 is 5.71 Å². The predicted octanol–water partition coefficient (Wildman–Crippen LogP) is 13.9. The van der Waals surface area contributed by atoms with Gasteiger partial charge < -0.3 is 10.0 Å². The summed E-state index contributed by atoms with van der Waals surface area (Å²) in [6, 6.07) is 2.98. The molecule has 9 aliphatic carbocycles. The minimum atomic E-state index is -0.488. The summed E-state index contributed by atoms with van der Waals surface area (Å²) in [5, 5.41) is 22.3. The van der Waals surface area contributed by atoms with Gasteiger partial charge in [-0.3, -0.25) is 5.01 Å². The van der Waals surface area contributed by atoms with Gasteiger partial charge in [-0.2, -0.15) is 5.10 Å². The summed E-state index contributed by atoms with van der Waals surface area (Å²) in [4.78, 5) is 1.98. The minimum absolute atomic E-state index is 0.105. The first kappa shape index (κ1) is 44.9. The van der Waals surface area contributed by atoms with E-state index in [0.29, 0.717) is 22.9 Å². The largest absolute Gasteiger partial charge is 0.383 e. The predicted molar refractivity (Wildman–Crippen MR) is 262 cm³/mol. The highest BCUT2D eigenvalue weighted by atomic mass is 16.3. The minimum Gasteiger partial charge on any atom is -0.383 e. The van der Waals surface area contributed by atoms with Crippen LogP contribution in [0.1, 0.15) is 258 Å². The molecule has 0 aromatic heterocycles. The fraction of sp³-hybridized carbons (Fsp3) is 0.983. The smallest absolute Gasteiger partial charge is 0.119 e. The lowest BCUT2D eigenvalue weighted by atomic mass is 9.40. The van der Waals surface area contributed by atoms with Crippen LogP contribution in [0.25, 0.3) is 0 Å². The Bertz CT molecular complexity index is 1530. The molecule has 0 bridgehead atoms. The Morgan fingerprint density at radius 3 is 1.70 bits per heavy atom. The Morgan fingerprint density at radius 2 is 1.06 bits per heavy atom.